The maximum absolute atomic E-state index is 11.7. The Morgan fingerprint density at radius 1 is 0.950 bits per heavy atom. The van der Waals surface area contributed by atoms with Gasteiger partial charge in [-0.25, -0.2) is 0 Å². The molecule has 1 aliphatic heterocycles. The van der Waals surface area contributed by atoms with Gasteiger partial charge in [-0.3, -0.25) is 4.79 Å². The molecule has 0 spiro atoms. The van der Waals surface area contributed by atoms with Gasteiger partial charge < -0.3 is 18.9 Å². The van der Waals surface area contributed by atoms with E-state index in [4.69, 9.17) is 18.9 Å². The van der Waals surface area contributed by atoms with E-state index in [1.165, 1.54) is 0 Å². The molecule has 2 rings (SSSR count). The van der Waals surface area contributed by atoms with Gasteiger partial charge in [0.05, 0.1) is 26.4 Å². The van der Waals surface area contributed by atoms with Crippen molar-refractivity contribution < 1.29 is 23.7 Å². The number of hydrogen-bond donors (Lipinski definition) is 0. The minimum absolute atomic E-state index is 0.0853. The lowest BCUT2D eigenvalue weighted by Gasteiger charge is -2.15. The molecule has 1 aliphatic rings. The van der Waals surface area contributed by atoms with Gasteiger partial charge in [0, 0.05) is 12.0 Å². The van der Waals surface area contributed by atoms with E-state index in [2.05, 4.69) is 0 Å². The molecule has 0 saturated carbocycles. The number of Topliss-reactive ketones (excluding diaryl/α,β-unsaturated/α-hetero) is 1. The summed E-state index contributed by atoms with van der Waals surface area (Å²) in [6, 6.07) is 5.26. The van der Waals surface area contributed by atoms with Crippen LogP contribution in [-0.2, 0) is 9.47 Å². The Balaban J connectivity index is 2.13. The second kappa shape index (κ2) is 7.87. The first-order chi connectivity index (χ1) is 9.81. The van der Waals surface area contributed by atoms with Gasteiger partial charge in [-0.15, -0.1) is 0 Å². The van der Waals surface area contributed by atoms with Crippen molar-refractivity contribution in [1.82, 2.24) is 0 Å². The largest absolute Gasteiger partial charge is 0.487 e. The van der Waals surface area contributed by atoms with Crippen molar-refractivity contribution >= 4 is 5.78 Å². The maximum Gasteiger partial charge on any atom is 0.162 e. The Kier molecular flexibility index (Phi) is 5.83. The molecule has 0 fully saturated rings. The fraction of sp³-hybridized carbons (Fsp3) is 0.533. The van der Waals surface area contributed by atoms with Crippen LogP contribution in [0.1, 0.15) is 23.7 Å². The Bertz CT molecular complexity index is 444. The molecule has 110 valence electrons. The molecule has 1 heterocycles. The average Bonchev–Trinajstić information content (AvgIpc) is 2.47. The lowest BCUT2D eigenvalue weighted by molar-refractivity contribution is 0.0223. The highest BCUT2D eigenvalue weighted by Gasteiger charge is 2.11. The van der Waals surface area contributed by atoms with Crippen molar-refractivity contribution in [1.29, 1.82) is 0 Å². The van der Waals surface area contributed by atoms with Crippen molar-refractivity contribution in [2.24, 2.45) is 0 Å². The summed E-state index contributed by atoms with van der Waals surface area (Å²) < 4.78 is 22.0. The van der Waals surface area contributed by atoms with Crippen LogP contribution in [0.5, 0.6) is 11.5 Å². The number of ketones is 1. The van der Waals surface area contributed by atoms with E-state index >= 15 is 0 Å². The van der Waals surface area contributed by atoms with Gasteiger partial charge in [0.1, 0.15) is 13.2 Å². The zero-order valence-corrected chi connectivity index (χ0v) is 11.7. The van der Waals surface area contributed by atoms with Crippen LogP contribution in [0.2, 0.25) is 0 Å². The van der Waals surface area contributed by atoms with Crippen molar-refractivity contribution in [3.8, 4) is 11.5 Å². The third-order valence-electron chi connectivity index (χ3n) is 2.93. The molecule has 0 amide bonds. The van der Waals surface area contributed by atoms with E-state index < -0.39 is 0 Å². The summed E-state index contributed by atoms with van der Waals surface area (Å²) in [7, 11) is 0. The molecule has 0 saturated heterocycles. The van der Waals surface area contributed by atoms with Crippen LogP contribution in [-0.4, -0.2) is 45.4 Å². The lowest BCUT2D eigenvalue weighted by atomic mass is 10.1. The normalized spacial score (nSPS) is 16.9. The van der Waals surface area contributed by atoms with Crippen LogP contribution in [0.3, 0.4) is 0 Å². The summed E-state index contributed by atoms with van der Waals surface area (Å²) in [6.45, 7) is 4.78. The van der Waals surface area contributed by atoms with Crippen LogP contribution in [0.25, 0.3) is 0 Å². The molecule has 20 heavy (non-hydrogen) atoms. The van der Waals surface area contributed by atoms with Crippen LogP contribution in [0, 0.1) is 0 Å². The number of rotatable bonds is 2. The molecule has 1 aromatic carbocycles. The topological polar surface area (TPSA) is 54.0 Å². The molecule has 0 atom stereocenters. The number of carbonyl (C=O) groups excluding carboxylic acids is 1. The number of benzene rings is 1. The first-order valence-corrected chi connectivity index (χ1v) is 6.89. The van der Waals surface area contributed by atoms with E-state index in [1.807, 2.05) is 6.92 Å². The number of fused-ring (bicyclic) bond motifs is 1. The molecule has 5 heteroatoms. The predicted molar refractivity (Wildman–Crippen MR) is 73.7 cm³/mol. The fourth-order valence-corrected chi connectivity index (χ4v) is 1.86. The average molecular weight is 280 g/mol. The standard InChI is InChI=1S/C15H20O5/c1-2-13(16)12-3-4-14-15(11-12)20-10-8-18-6-5-17-7-9-19-14/h3-4,11H,2,5-10H2,1H3. The van der Waals surface area contributed by atoms with Gasteiger partial charge in [0.2, 0.25) is 0 Å². The monoisotopic (exact) mass is 280 g/mol. The van der Waals surface area contributed by atoms with Gasteiger partial charge in [0.25, 0.3) is 0 Å². The van der Waals surface area contributed by atoms with Gasteiger partial charge in [-0.2, -0.15) is 0 Å². The first-order valence-electron chi connectivity index (χ1n) is 6.89. The Hall–Kier alpha value is -1.59. The zero-order valence-electron chi connectivity index (χ0n) is 11.7. The third kappa shape index (κ3) is 4.21. The summed E-state index contributed by atoms with van der Waals surface area (Å²) in [4.78, 5) is 11.7. The minimum Gasteiger partial charge on any atom is -0.487 e. The summed E-state index contributed by atoms with van der Waals surface area (Å²) in [5, 5.41) is 0. The number of ether oxygens (including phenoxy) is 4. The highest BCUT2D eigenvalue weighted by atomic mass is 16.6. The van der Waals surface area contributed by atoms with Crippen molar-refractivity contribution in [3.05, 3.63) is 23.8 Å². The Labute approximate surface area is 118 Å². The zero-order chi connectivity index (χ0) is 14.2. The SMILES string of the molecule is CCC(=O)c1ccc2c(c1)OCCOCCOCCO2. The second-order valence-electron chi connectivity index (χ2n) is 4.36. The highest BCUT2D eigenvalue weighted by Crippen LogP contribution is 2.29. The van der Waals surface area contributed by atoms with Crippen LogP contribution in [0.4, 0.5) is 0 Å². The molecule has 0 N–H and O–H groups in total. The Morgan fingerprint density at radius 3 is 2.20 bits per heavy atom. The molecule has 0 bridgehead atoms. The molecular formula is C15H20O5. The molecule has 1 aromatic rings. The first kappa shape index (κ1) is 14.8. The molecular weight excluding hydrogens is 260 g/mol. The Morgan fingerprint density at radius 2 is 1.55 bits per heavy atom. The van der Waals surface area contributed by atoms with Crippen molar-refractivity contribution in [3.63, 3.8) is 0 Å². The minimum atomic E-state index is 0.0853. The summed E-state index contributed by atoms with van der Waals surface area (Å²) >= 11 is 0. The lowest BCUT2D eigenvalue weighted by Crippen LogP contribution is -2.16. The molecule has 0 aromatic heterocycles. The van der Waals surface area contributed by atoms with Crippen LogP contribution < -0.4 is 9.47 Å². The summed E-state index contributed by atoms with van der Waals surface area (Å²) in [5.41, 5.74) is 0.638. The van der Waals surface area contributed by atoms with Crippen molar-refractivity contribution in [2.75, 3.05) is 39.6 Å². The third-order valence-corrected chi connectivity index (χ3v) is 2.93. The van der Waals surface area contributed by atoms with Gasteiger partial charge in [-0.05, 0) is 18.2 Å². The maximum atomic E-state index is 11.7. The summed E-state index contributed by atoms with van der Waals surface area (Å²) in [5.74, 6) is 1.29. The van der Waals surface area contributed by atoms with Gasteiger partial charge in [0.15, 0.2) is 17.3 Å². The summed E-state index contributed by atoms with van der Waals surface area (Å²) in [6.07, 6.45) is 0.469. The van der Waals surface area contributed by atoms with Gasteiger partial charge >= 0.3 is 0 Å². The number of hydrogen-bond acceptors (Lipinski definition) is 5. The van der Waals surface area contributed by atoms with E-state index in [0.717, 1.165) is 0 Å². The van der Waals surface area contributed by atoms with E-state index in [9.17, 15) is 4.79 Å². The van der Waals surface area contributed by atoms with Gasteiger partial charge in [-0.1, -0.05) is 6.92 Å². The molecule has 5 nitrogen and oxygen atoms in total. The smallest absolute Gasteiger partial charge is 0.162 e. The van der Waals surface area contributed by atoms with Crippen molar-refractivity contribution in [2.45, 2.75) is 13.3 Å². The second-order valence-corrected chi connectivity index (χ2v) is 4.36. The van der Waals surface area contributed by atoms with E-state index in [-0.39, 0.29) is 5.78 Å². The quantitative estimate of drug-likeness (QED) is 0.776. The number of carbonyl (C=O) groups is 1. The molecule has 0 aliphatic carbocycles. The predicted octanol–water partition coefficient (Wildman–Crippen LogP) is 2.08. The van der Waals surface area contributed by atoms with E-state index in [1.54, 1.807) is 18.2 Å². The highest BCUT2D eigenvalue weighted by molar-refractivity contribution is 5.96. The fourth-order valence-electron chi connectivity index (χ4n) is 1.86. The van der Waals surface area contributed by atoms with Crippen LogP contribution in [0.15, 0.2) is 18.2 Å². The molecule has 0 unspecified atom stereocenters. The molecule has 0 radical (unpaired) electrons. The van der Waals surface area contributed by atoms with E-state index in [0.29, 0.717) is 63.1 Å². The van der Waals surface area contributed by atoms with Crippen LogP contribution >= 0.6 is 0 Å².